The Kier molecular flexibility index (Phi) is 7.80. The molecule has 2 bridgehead atoms. The average Bonchev–Trinajstić information content (AvgIpc) is 3.81. The number of aromatic carboxylic acids is 1. The summed E-state index contributed by atoms with van der Waals surface area (Å²) in [5.74, 6) is 0.0347. The molecule has 0 amide bonds. The number of aromatic nitrogens is 3. The van der Waals surface area contributed by atoms with Crippen LogP contribution in [0.4, 0.5) is 4.39 Å². The monoisotopic (exact) mass is 681 g/mol. The van der Waals surface area contributed by atoms with Gasteiger partial charge in [0.15, 0.2) is 11.5 Å². The Bertz CT molecular complexity index is 1830. The lowest BCUT2D eigenvalue weighted by atomic mass is 9.59. The van der Waals surface area contributed by atoms with Gasteiger partial charge in [-0.15, -0.1) is 0 Å². The lowest BCUT2D eigenvalue weighted by Crippen LogP contribution is -2.49. The Hall–Kier alpha value is -3.47. The van der Waals surface area contributed by atoms with E-state index in [-0.39, 0.29) is 28.3 Å². The van der Waals surface area contributed by atoms with E-state index in [1.807, 2.05) is 0 Å². The van der Waals surface area contributed by atoms with Gasteiger partial charge < -0.3 is 23.8 Å². The van der Waals surface area contributed by atoms with Crippen LogP contribution in [-0.4, -0.2) is 44.5 Å². The zero-order valence-electron chi connectivity index (χ0n) is 25.7. The normalized spacial score (nSPS) is 24.0. The predicted molar refractivity (Wildman–Crippen MR) is 172 cm³/mol. The second kappa shape index (κ2) is 11.9. The van der Waals surface area contributed by atoms with Crippen LogP contribution in [0.25, 0.3) is 22.2 Å². The maximum atomic E-state index is 15.3. The Morgan fingerprint density at radius 1 is 1.02 bits per heavy atom. The van der Waals surface area contributed by atoms with E-state index in [4.69, 9.17) is 41.9 Å². The molecule has 9 rings (SSSR count). The van der Waals surface area contributed by atoms with Crippen molar-refractivity contribution in [2.45, 2.75) is 94.9 Å². The van der Waals surface area contributed by atoms with Gasteiger partial charge in [-0.3, -0.25) is 4.98 Å². The van der Waals surface area contributed by atoms with Gasteiger partial charge in [0.25, 0.3) is 0 Å². The Morgan fingerprint density at radius 2 is 1.74 bits per heavy atom. The van der Waals surface area contributed by atoms with Gasteiger partial charge in [-0.1, -0.05) is 28.4 Å². The third-order valence-corrected chi connectivity index (χ3v) is 11.2. The fraction of sp³-hybridized carbons (Fsp3) is 0.486. The van der Waals surface area contributed by atoms with E-state index in [2.05, 4.69) is 15.1 Å². The molecule has 0 atom stereocenters. The maximum Gasteiger partial charge on any atom is 0.354 e. The largest absolute Gasteiger partial charge is 0.493 e. The minimum absolute atomic E-state index is 0.0105. The van der Waals surface area contributed by atoms with E-state index in [9.17, 15) is 9.90 Å². The summed E-state index contributed by atoms with van der Waals surface area (Å²) in [4.78, 5) is 19.8. The number of carbonyl (C=O) groups is 1. The van der Waals surface area contributed by atoms with Crippen LogP contribution in [0.5, 0.6) is 11.5 Å². The third kappa shape index (κ3) is 5.82. The molecule has 3 aromatic heterocycles. The van der Waals surface area contributed by atoms with Crippen LogP contribution in [0.2, 0.25) is 10.0 Å². The topological polar surface area (TPSA) is 117 Å². The van der Waals surface area contributed by atoms with E-state index < -0.39 is 11.8 Å². The second-order valence-electron chi connectivity index (χ2n) is 13.7. The molecule has 5 aliphatic rings. The molecule has 0 unspecified atom stereocenters. The molecular weight excluding hydrogens is 648 g/mol. The molecule has 5 fully saturated rings. The second-order valence-corrected chi connectivity index (χ2v) is 14.5. The quantitative estimate of drug-likeness (QED) is 0.166. The number of fused-ring (bicyclic) bond motifs is 4. The number of rotatable bonds is 11. The summed E-state index contributed by atoms with van der Waals surface area (Å²) >= 11 is 13.0. The van der Waals surface area contributed by atoms with Crippen molar-refractivity contribution >= 4 is 40.1 Å². The van der Waals surface area contributed by atoms with E-state index in [0.29, 0.717) is 57.3 Å². The molecule has 0 aliphatic heterocycles. The lowest BCUT2D eigenvalue weighted by Gasteiger charge is -2.52. The summed E-state index contributed by atoms with van der Waals surface area (Å²) in [5, 5.41) is 15.2. The van der Waals surface area contributed by atoms with Crippen LogP contribution >= 0.6 is 23.2 Å². The van der Waals surface area contributed by atoms with E-state index in [1.165, 1.54) is 12.1 Å². The fourth-order valence-corrected chi connectivity index (χ4v) is 7.82. The SMILES string of the molecule is O=C(O)c1cc(OC2CCC2)c2cc(OCC34CCC(OCc5c(-c6c(Cl)cncc6Cl)noc5C5CC5)(CC3)CC4)cc(F)c2n1. The molecule has 0 saturated heterocycles. The lowest BCUT2D eigenvalue weighted by molar-refractivity contribution is -0.150. The Balaban J connectivity index is 0.962. The summed E-state index contributed by atoms with van der Waals surface area (Å²) in [5.41, 5.74) is 1.58. The highest BCUT2D eigenvalue weighted by molar-refractivity contribution is 6.38. The number of pyridine rings is 2. The maximum absolute atomic E-state index is 15.3. The molecule has 0 radical (unpaired) electrons. The Morgan fingerprint density at radius 3 is 2.38 bits per heavy atom. The van der Waals surface area contributed by atoms with Gasteiger partial charge in [-0.25, -0.2) is 14.2 Å². The van der Waals surface area contributed by atoms with Crippen molar-refractivity contribution in [1.82, 2.24) is 15.1 Å². The summed E-state index contributed by atoms with van der Waals surface area (Å²) in [6, 6.07) is 4.39. The molecule has 47 heavy (non-hydrogen) atoms. The van der Waals surface area contributed by atoms with Crippen molar-refractivity contribution in [3.63, 3.8) is 0 Å². The number of benzene rings is 1. The van der Waals surface area contributed by atoms with Gasteiger partial charge in [0, 0.05) is 52.4 Å². The van der Waals surface area contributed by atoms with E-state index in [1.54, 1.807) is 18.5 Å². The zero-order valence-corrected chi connectivity index (χ0v) is 27.2. The van der Waals surface area contributed by atoms with Crippen molar-refractivity contribution < 1.29 is 33.0 Å². The number of hydrogen-bond donors (Lipinski definition) is 1. The van der Waals surface area contributed by atoms with E-state index in [0.717, 1.165) is 82.0 Å². The molecule has 0 spiro atoms. The van der Waals surface area contributed by atoms with Crippen molar-refractivity contribution in [2.24, 2.45) is 5.41 Å². The number of carboxylic acid groups (broad SMARTS) is 1. The van der Waals surface area contributed by atoms with Crippen LogP contribution < -0.4 is 9.47 Å². The van der Waals surface area contributed by atoms with Crippen LogP contribution in [0, 0.1) is 11.2 Å². The number of carboxylic acids is 1. The predicted octanol–water partition coefficient (Wildman–Crippen LogP) is 8.93. The highest BCUT2D eigenvalue weighted by Gasteiger charge is 2.50. The van der Waals surface area contributed by atoms with Crippen molar-refractivity contribution in [3.05, 3.63) is 63.5 Å². The molecular formula is C35H34Cl2FN3O6. The first kappa shape index (κ1) is 30.8. The highest BCUT2D eigenvalue weighted by Crippen LogP contribution is 2.55. The van der Waals surface area contributed by atoms with Gasteiger partial charge >= 0.3 is 5.97 Å². The number of halogens is 3. The molecule has 246 valence electrons. The number of ether oxygens (including phenoxy) is 3. The number of hydrogen-bond acceptors (Lipinski definition) is 8. The first-order valence-electron chi connectivity index (χ1n) is 16.3. The van der Waals surface area contributed by atoms with Gasteiger partial charge in [-0.05, 0) is 76.7 Å². The van der Waals surface area contributed by atoms with Gasteiger partial charge in [0.05, 0.1) is 35.0 Å². The van der Waals surface area contributed by atoms with Crippen LogP contribution in [0.15, 0.2) is 35.1 Å². The van der Waals surface area contributed by atoms with E-state index >= 15 is 4.39 Å². The van der Waals surface area contributed by atoms with Crippen molar-refractivity contribution in [3.8, 4) is 22.8 Å². The zero-order chi connectivity index (χ0) is 32.3. The first-order valence-corrected chi connectivity index (χ1v) is 17.1. The summed E-state index contributed by atoms with van der Waals surface area (Å²) < 4.78 is 40.3. The minimum atomic E-state index is -1.23. The summed E-state index contributed by atoms with van der Waals surface area (Å²) in [6.45, 7) is 0.816. The Labute approximate surface area is 280 Å². The smallest absolute Gasteiger partial charge is 0.354 e. The van der Waals surface area contributed by atoms with Gasteiger partial charge in [0.2, 0.25) is 0 Å². The van der Waals surface area contributed by atoms with Gasteiger partial charge in [0.1, 0.15) is 28.5 Å². The van der Waals surface area contributed by atoms with Crippen LogP contribution in [-0.2, 0) is 11.3 Å². The number of nitrogens with zero attached hydrogens (tertiary/aromatic N) is 3. The van der Waals surface area contributed by atoms with Crippen molar-refractivity contribution in [1.29, 1.82) is 0 Å². The average molecular weight is 683 g/mol. The molecule has 4 aromatic rings. The van der Waals surface area contributed by atoms with Gasteiger partial charge in [-0.2, -0.15) is 0 Å². The molecule has 3 heterocycles. The molecule has 1 aromatic carbocycles. The molecule has 1 N–H and O–H groups in total. The molecule has 9 nitrogen and oxygen atoms in total. The molecule has 5 aliphatic carbocycles. The minimum Gasteiger partial charge on any atom is -0.493 e. The van der Waals surface area contributed by atoms with Crippen molar-refractivity contribution in [2.75, 3.05) is 6.61 Å². The summed E-state index contributed by atoms with van der Waals surface area (Å²) in [7, 11) is 0. The van der Waals surface area contributed by atoms with Crippen LogP contribution in [0.1, 0.15) is 98.4 Å². The first-order chi connectivity index (χ1) is 22.7. The molecule has 5 saturated carbocycles. The molecule has 12 heteroatoms. The third-order valence-electron chi connectivity index (χ3n) is 10.6. The standard InChI is InChI=1S/C35H34Cl2FN3O6/c36-24-15-39-16-25(37)29(24)31-23(32(47-41-31)19-4-5-19)17-45-35-9-6-34(7-10-35,8-11-35)18-44-21-12-22-28(46-20-2-1-3-20)14-27(33(42)43)40-30(22)26(38)13-21/h12-16,19-20H,1-11,17-18H2,(H,42,43). The summed E-state index contributed by atoms with van der Waals surface area (Å²) in [6.07, 6.45) is 13.5. The fourth-order valence-electron chi connectivity index (χ4n) is 7.27. The van der Waals surface area contributed by atoms with Crippen LogP contribution in [0.3, 0.4) is 0 Å². The highest BCUT2D eigenvalue weighted by atomic mass is 35.5.